The van der Waals surface area contributed by atoms with Crippen molar-refractivity contribution in [2.75, 3.05) is 6.61 Å². The van der Waals surface area contributed by atoms with Crippen LogP contribution in [0.1, 0.15) is 38.1 Å². The number of ether oxygens (including phenoxy) is 2. The summed E-state index contributed by atoms with van der Waals surface area (Å²) in [6.07, 6.45) is -0.803. The highest BCUT2D eigenvalue weighted by Crippen LogP contribution is 2.34. The number of halogens is 4. The number of rotatable bonds is 4. The molecule has 0 N–H and O–H groups in total. The lowest BCUT2D eigenvalue weighted by Gasteiger charge is -2.24. The largest absolute Gasteiger partial charge is 0.408 e. The summed E-state index contributed by atoms with van der Waals surface area (Å²) in [5.74, 6) is 0.174. The SMILES string of the molecule is C[C@@H](n1c(COC2CCCCO2)nc2cnc(Cl)cc21)C(F)(F)F. The first-order valence-corrected chi connectivity index (χ1v) is 8.06. The molecule has 3 heterocycles. The van der Waals surface area contributed by atoms with Crippen molar-refractivity contribution in [3.8, 4) is 0 Å². The van der Waals surface area contributed by atoms with Crippen LogP contribution in [-0.4, -0.2) is 33.6 Å². The standard InChI is InChI=1S/C15H17ClF3N3O2/c1-9(15(17,18)19)22-11-6-12(16)20-7-10(11)21-13(22)8-24-14-4-2-3-5-23-14/h6-7,9,14H,2-5,8H2,1H3/t9-,14?/m1/s1. The van der Waals surface area contributed by atoms with E-state index in [4.69, 9.17) is 21.1 Å². The Labute approximate surface area is 141 Å². The Morgan fingerprint density at radius 1 is 1.46 bits per heavy atom. The molecule has 2 aromatic rings. The third-order valence-corrected chi connectivity index (χ3v) is 4.22. The third kappa shape index (κ3) is 3.65. The lowest BCUT2D eigenvalue weighted by Crippen LogP contribution is -2.27. The van der Waals surface area contributed by atoms with Gasteiger partial charge in [0, 0.05) is 12.7 Å². The van der Waals surface area contributed by atoms with Gasteiger partial charge in [0.15, 0.2) is 6.29 Å². The van der Waals surface area contributed by atoms with Crippen LogP contribution in [0.3, 0.4) is 0 Å². The van der Waals surface area contributed by atoms with Crippen molar-refractivity contribution < 1.29 is 22.6 Å². The maximum atomic E-state index is 13.3. The van der Waals surface area contributed by atoms with Crippen LogP contribution in [0.5, 0.6) is 0 Å². The minimum Gasteiger partial charge on any atom is -0.353 e. The summed E-state index contributed by atoms with van der Waals surface area (Å²) in [5, 5.41) is 0.112. The van der Waals surface area contributed by atoms with Crippen molar-refractivity contribution in [2.45, 2.75) is 51.3 Å². The Balaban J connectivity index is 1.93. The molecule has 0 amide bonds. The highest BCUT2D eigenvalue weighted by atomic mass is 35.5. The second-order valence-corrected chi connectivity index (χ2v) is 6.11. The summed E-state index contributed by atoms with van der Waals surface area (Å²) in [6, 6.07) is -0.376. The van der Waals surface area contributed by atoms with Gasteiger partial charge in [-0.2, -0.15) is 13.2 Å². The van der Waals surface area contributed by atoms with E-state index in [0.717, 1.165) is 30.8 Å². The fourth-order valence-electron chi connectivity index (χ4n) is 2.71. The van der Waals surface area contributed by atoms with E-state index in [1.54, 1.807) is 0 Å². The minimum atomic E-state index is -4.42. The van der Waals surface area contributed by atoms with Gasteiger partial charge in [0.25, 0.3) is 0 Å². The molecular weight excluding hydrogens is 347 g/mol. The highest BCUT2D eigenvalue weighted by Gasteiger charge is 2.39. The van der Waals surface area contributed by atoms with E-state index in [2.05, 4.69) is 9.97 Å². The van der Waals surface area contributed by atoms with Gasteiger partial charge in [-0.15, -0.1) is 0 Å². The molecule has 0 saturated carbocycles. The molecule has 2 atom stereocenters. The summed E-state index contributed by atoms with van der Waals surface area (Å²) in [4.78, 5) is 8.11. The molecule has 1 unspecified atom stereocenters. The van der Waals surface area contributed by atoms with Crippen LogP contribution < -0.4 is 0 Å². The summed E-state index contributed by atoms with van der Waals surface area (Å²) >= 11 is 5.83. The molecular formula is C15H17ClF3N3O2. The molecule has 0 bridgehead atoms. The molecule has 0 spiro atoms. The Morgan fingerprint density at radius 3 is 2.92 bits per heavy atom. The fourth-order valence-corrected chi connectivity index (χ4v) is 2.87. The zero-order valence-electron chi connectivity index (χ0n) is 13.0. The molecule has 2 aromatic heterocycles. The van der Waals surface area contributed by atoms with E-state index in [1.807, 2.05) is 0 Å². The zero-order valence-corrected chi connectivity index (χ0v) is 13.8. The molecule has 0 aliphatic carbocycles. The predicted octanol–water partition coefficient (Wildman–Crippen LogP) is 4.25. The van der Waals surface area contributed by atoms with Gasteiger partial charge in [-0.3, -0.25) is 0 Å². The molecule has 1 fully saturated rings. The van der Waals surface area contributed by atoms with E-state index in [9.17, 15) is 13.2 Å². The zero-order chi connectivity index (χ0) is 17.3. The van der Waals surface area contributed by atoms with Crippen LogP contribution in [0.15, 0.2) is 12.3 Å². The van der Waals surface area contributed by atoms with Gasteiger partial charge >= 0.3 is 6.18 Å². The van der Waals surface area contributed by atoms with Crippen LogP contribution in [0.2, 0.25) is 5.15 Å². The van der Waals surface area contributed by atoms with Crippen LogP contribution in [0.4, 0.5) is 13.2 Å². The smallest absolute Gasteiger partial charge is 0.353 e. The summed E-state index contributed by atoms with van der Waals surface area (Å²) in [7, 11) is 0. The lowest BCUT2D eigenvalue weighted by molar-refractivity contribution is -0.175. The van der Waals surface area contributed by atoms with Gasteiger partial charge in [0.05, 0.1) is 11.7 Å². The van der Waals surface area contributed by atoms with Crippen LogP contribution in [0, 0.1) is 0 Å². The summed E-state index contributed by atoms with van der Waals surface area (Å²) < 4.78 is 51.9. The van der Waals surface area contributed by atoms with Crippen molar-refractivity contribution in [3.05, 3.63) is 23.2 Å². The molecule has 3 rings (SSSR count). The van der Waals surface area contributed by atoms with Crippen molar-refractivity contribution >= 4 is 22.6 Å². The maximum absolute atomic E-state index is 13.3. The van der Waals surface area contributed by atoms with Crippen molar-refractivity contribution in [3.63, 3.8) is 0 Å². The monoisotopic (exact) mass is 363 g/mol. The second kappa shape index (κ2) is 6.85. The Kier molecular flexibility index (Phi) is 4.98. The van der Waals surface area contributed by atoms with Crippen molar-refractivity contribution in [1.82, 2.24) is 14.5 Å². The number of hydrogen-bond acceptors (Lipinski definition) is 4. The lowest BCUT2D eigenvalue weighted by atomic mass is 10.2. The van der Waals surface area contributed by atoms with Gasteiger partial charge in [-0.05, 0) is 26.2 Å². The van der Waals surface area contributed by atoms with Gasteiger partial charge in [-0.25, -0.2) is 9.97 Å². The molecule has 1 saturated heterocycles. The number of nitrogens with zero attached hydrogens (tertiary/aromatic N) is 3. The molecule has 9 heteroatoms. The maximum Gasteiger partial charge on any atom is 0.408 e. The molecule has 0 radical (unpaired) electrons. The predicted molar refractivity (Wildman–Crippen MR) is 81.7 cm³/mol. The van der Waals surface area contributed by atoms with Gasteiger partial charge < -0.3 is 14.0 Å². The quantitative estimate of drug-likeness (QED) is 0.762. The fraction of sp³-hybridized carbons (Fsp3) is 0.600. The van der Waals surface area contributed by atoms with E-state index in [1.165, 1.54) is 12.3 Å². The van der Waals surface area contributed by atoms with Crippen LogP contribution in [0.25, 0.3) is 11.0 Å². The topological polar surface area (TPSA) is 49.2 Å². The van der Waals surface area contributed by atoms with E-state index in [-0.39, 0.29) is 23.1 Å². The van der Waals surface area contributed by atoms with E-state index in [0.29, 0.717) is 12.1 Å². The van der Waals surface area contributed by atoms with Crippen LogP contribution >= 0.6 is 11.6 Å². The third-order valence-electron chi connectivity index (χ3n) is 4.01. The van der Waals surface area contributed by atoms with Gasteiger partial charge in [0.1, 0.15) is 29.1 Å². The molecule has 5 nitrogen and oxygen atoms in total. The normalized spacial score (nSPS) is 20.5. The average molecular weight is 364 g/mol. The van der Waals surface area contributed by atoms with E-state index < -0.39 is 18.5 Å². The number of aromatic nitrogens is 3. The number of fused-ring (bicyclic) bond motifs is 1. The Bertz CT molecular complexity index is 714. The van der Waals surface area contributed by atoms with Gasteiger partial charge in [-0.1, -0.05) is 11.6 Å². The number of imidazole rings is 1. The molecule has 0 aromatic carbocycles. The first-order chi connectivity index (χ1) is 11.4. The first-order valence-electron chi connectivity index (χ1n) is 7.68. The average Bonchev–Trinajstić information content (AvgIpc) is 2.89. The van der Waals surface area contributed by atoms with Gasteiger partial charge in [0.2, 0.25) is 0 Å². The first kappa shape index (κ1) is 17.4. The van der Waals surface area contributed by atoms with Crippen LogP contribution in [-0.2, 0) is 16.1 Å². The Morgan fingerprint density at radius 2 is 2.25 bits per heavy atom. The molecule has 132 valence electrons. The summed E-state index contributed by atoms with van der Waals surface area (Å²) in [6.45, 7) is 1.60. The number of hydrogen-bond donors (Lipinski definition) is 0. The molecule has 1 aliphatic heterocycles. The van der Waals surface area contributed by atoms with E-state index >= 15 is 0 Å². The summed E-state index contributed by atoms with van der Waals surface area (Å²) in [5.41, 5.74) is 0.627. The van der Waals surface area contributed by atoms with Crippen molar-refractivity contribution in [2.24, 2.45) is 0 Å². The Hall–Kier alpha value is -1.38. The number of alkyl halides is 3. The second-order valence-electron chi connectivity index (χ2n) is 5.72. The molecule has 24 heavy (non-hydrogen) atoms. The van der Waals surface area contributed by atoms with Crippen molar-refractivity contribution in [1.29, 1.82) is 0 Å². The molecule has 1 aliphatic rings. The number of pyridine rings is 1. The minimum absolute atomic E-state index is 0.0720. The highest BCUT2D eigenvalue weighted by molar-refractivity contribution is 6.29.